The van der Waals surface area contributed by atoms with Crippen molar-refractivity contribution in [1.82, 2.24) is 10.2 Å². The van der Waals surface area contributed by atoms with E-state index >= 15 is 0 Å². The SMILES string of the molecule is CC(=O)CCOCCOCCOCCC(=O)NCCC(=O)Nc1cc(COC(=O)CCCN(C)C(=O)CC/C=C/C=C\C=C/[C@@H](O)C[C@@H](OP(=O)(O)O)[C@](C)(O)/C=C/[C@H]2CC=CC(=O)O2)ccc1O[C@@H]1O[C@H](C(=O)O)[C@@H](O)[C@H](O)[C@H]1O. The van der Waals surface area contributed by atoms with Crippen molar-refractivity contribution < 1.29 is 116 Å². The number of carboxylic acids is 1. The van der Waals surface area contributed by atoms with Gasteiger partial charge in [-0.2, -0.15) is 0 Å². The highest BCUT2D eigenvalue weighted by Crippen LogP contribution is 2.41. The number of carbonyl (C=O) groups excluding carboxylic acids is 6. The molecule has 81 heavy (non-hydrogen) atoms. The van der Waals surface area contributed by atoms with Crippen LogP contribution in [-0.4, -0.2) is 201 Å². The Morgan fingerprint density at radius 2 is 1.57 bits per heavy atom. The number of rotatable bonds is 38. The van der Waals surface area contributed by atoms with Gasteiger partial charge in [0, 0.05) is 71.2 Å². The highest BCUT2D eigenvalue weighted by atomic mass is 31.2. The van der Waals surface area contributed by atoms with Crippen LogP contribution < -0.4 is 15.4 Å². The monoisotopic (exact) mass is 1170 g/mol. The number of benzene rings is 1. The topological polar surface area (TPSA) is 400 Å². The van der Waals surface area contributed by atoms with Crippen LogP contribution in [0.4, 0.5) is 5.69 Å². The molecule has 0 unspecified atom stereocenters. The Bertz CT molecular complexity index is 2400. The quantitative estimate of drug-likeness (QED) is 0.0145. The summed E-state index contributed by atoms with van der Waals surface area (Å²) >= 11 is 0. The molecule has 9 atom stereocenters. The number of hydrogen-bond donors (Lipinski definition) is 10. The standard InChI is InChI=1S/C53H76N3O24P/c1-35(57)21-26-73-28-30-75-31-29-74-27-22-42(59)54-24-20-43(60)55-39-32-36(17-18-40(39)78-52-49(66)47(64)48(65)50(79-52)51(67)68)34-76-45(62)16-11-25-56(3)44(61)14-9-7-5-4-6-8-12-37(58)33-41(80-81(70,71)72)53(2,69)23-19-38-13-10-15-46(63)77-38/h4-8,10,12,15,17-19,23,32,37-38,41,47-50,52,58,64-66,69H,9,11,13-14,16,20-22,24-31,33-34H2,1-3H3,(H,54,59)(H,55,60)(H,67,68)(H2,70,71,72)/b6-4-,7-5+,12-8-,23-19+/t37-,38-,41-,47+,48+,49-,50+,52-,53-/m1/s1. The van der Waals surface area contributed by atoms with Crippen LogP contribution in [0.3, 0.4) is 0 Å². The number of anilines is 1. The predicted octanol–water partition coefficient (Wildman–Crippen LogP) is 0.960. The molecule has 1 aromatic rings. The first-order valence-electron chi connectivity index (χ1n) is 26.0. The van der Waals surface area contributed by atoms with Crippen molar-refractivity contribution in [2.45, 2.75) is 133 Å². The van der Waals surface area contributed by atoms with Gasteiger partial charge < -0.3 is 89.1 Å². The summed E-state index contributed by atoms with van der Waals surface area (Å²) in [6.07, 6.45) is 2.13. The number of phosphoric ester groups is 1. The van der Waals surface area contributed by atoms with Gasteiger partial charge in [0.05, 0.1) is 51.4 Å². The molecule has 0 aliphatic carbocycles. The first-order chi connectivity index (χ1) is 38.3. The van der Waals surface area contributed by atoms with Gasteiger partial charge in [-0.3, -0.25) is 28.5 Å². The molecule has 452 valence electrons. The van der Waals surface area contributed by atoms with E-state index in [9.17, 15) is 78.6 Å². The Morgan fingerprint density at radius 1 is 0.889 bits per heavy atom. The lowest BCUT2D eigenvalue weighted by Crippen LogP contribution is -2.61. The van der Waals surface area contributed by atoms with Crippen molar-refractivity contribution in [1.29, 1.82) is 0 Å². The van der Waals surface area contributed by atoms with E-state index in [0.717, 1.165) is 0 Å². The average molecular weight is 1170 g/mol. The van der Waals surface area contributed by atoms with E-state index in [0.29, 0.717) is 44.6 Å². The number of aliphatic carboxylic acids is 1. The molecule has 3 amide bonds. The van der Waals surface area contributed by atoms with E-state index in [-0.39, 0.29) is 94.7 Å². The zero-order valence-electron chi connectivity index (χ0n) is 45.4. The summed E-state index contributed by atoms with van der Waals surface area (Å²) < 4.78 is 53.9. The Morgan fingerprint density at radius 3 is 2.23 bits per heavy atom. The Kier molecular flexibility index (Phi) is 31.1. The van der Waals surface area contributed by atoms with E-state index < -0.39 is 98.6 Å². The number of carbonyl (C=O) groups is 7. The number of esters is 2. The molecule has 1 saturated heterocycles. The number of allylic oxidation sites excluding steroid dienone is 5. The first-order valence-corrected chi connectivity index (χ1v) is 27.5. The Balaban J connectivity index is 1.45. The van der Waals surface area contributed by atoms with E-state index in [1.54, 1.807) is 37.4 Å². The third-order valence-corrected chi connectivity index (χ3v) is 12.3. The number of phosphoric acid groups is 1. The lowest BCUT2D eigenvalue weighted by Gasteiger charge is -2.38. The highest BCUT2D eigenvalue weighted by Gasteiger charge is 2.48. The van der Waals surface area contributed by atoms with Gasteiger partial charge in [-0.05, 0) is 50.5 Å². The molecule has 2 heterocycles. The fourth-order valence-electron chi connectivity index (χ4n) is 7.31. The van der Waals surface area contributed by atoms with E-state index in [1.165, 1.54) is 67.3 Å². The van der Waals surface area contributed by atoms with Crippen LogP contribution in [0.1, 0.15) is 77.2 Å². The number of amides is 3. The molecule has 28 heteroatoms. The maximum absolute atomic E-state index is 13.1. The summed E-state index contributed by atoms with van der Waals surface area (Å²) in [5, 5.41) is 67.2. The van der Waals surface area contributed by atoms with E-state index in [2.05, 4.69) is 10.6 Å². The van der Waals surface area contributed by atoms with Gasteiger partial charge in [0.25, 0.3) is 0 Å². The summed E-state index contributed by atoms with van der Waals surface area (Å²) in [5.41, 5.74) is -1.69. The zero-order valence-corrected chi connectivity index (χ0v) is 46.3. The molecule has 27 nitrogen and oxygen atoms in total. The lowest BCUT2D eigenvalue weighted by atomic mass is 9.93. The van der Waals surface area contributed by atoms with Crippen molar-refractivity contribution in [2.75, 3.05) is 65.1 Å². The fourth-order valence-corrected chi connectivity index (χ4v) is 7.94. The summed E-state index contributed by atoms with van der Waals surface area (Å²) in [7, 11) is -3.52. The minimum absolute atomic E-state index is 0.00648. The van der Waals surface area contributed by atoms with Crippen molar-refractivity contribution in [3.8, 4) is 5.75 Å². The van der Waals surface area contributed by atoms with Gasteiger partial charge in [0.15, 0.2) is 6.10 Å². The smallest absolute Gasteiger partial charge is 0.469 e. The van der Waals surface area contributed by atoms with Crippen molar-refractivity contribution in [3.63, 3.8) is 0 Å². The number of nitrogens with one attached hydrogen (secondary N) is 2. The second-order valence-corrected chi connectivity index (χ2v) is 20.0. The van der Waals surface area contributed by atoms with Gasteiger partial charge in [-0.1, -0.05) is 54.7 Å². The first kappa shape index (κ1) is 69.2. The number of nitrogens with zero attached hydrogens (tertiary/aromatic N) is 1. The van der Waals surface area contributed by atoms with Gasteiger partial charge in [0.1, 0.15) is 54.3 Å². The summed E-state index contributed by atoms with van der Waals surface area (Å²) in [6, 6.07) is 4.11. The molecule has 10 N–H and O–H groups in total. The molecule has 1 fully saturated rings. The van der Waals surface area contributed by atoms with E-state index in [1.807, 2.05) is 0 Å². The summed E-state index contributed by atoms with van der Waals surface area (Å²) in [4.78, 5) is 105. The number of Topliss-reactive ketones (excluding diaryl/α,β-unsaturated/α-hetero) is 1. The second kappa shape index (κ2) is 36.4. The molecule has 0 spiro atoms. The van der Waals surface area contributed by atoms with Crippen LogP contribution in [0.2, 0.25) is 0 Å². The van der Waals surface area contributed by atoms with Crippen LogP contribution in [0.15, 0.2) is 79.0 Å². The molecule has 0 aromatic heterocycles. The van der Waals surface area contributed by atoms with Gasteiger partial charge in [0.2, 0.25) is 24.0 Å². The molecule has 2 aliphatic rings. The van der Waals surface area contributed by atoms with E-state index in [4.69, 9.17) is 37.7 Å². The average Bonchev–Trinajstić information content (AvgIpc) is 3.42. The normalized spacial score (nSPS) is 20.9. The van der Waals surface area contributed by atoms with Crippen molar-refractivity contribution in [3.05, 3.63) is 84.5 Å². The maximum Gasteiger partial charge on any atom is 0.469 e. The highest BCUT2D eigenvalue weighted by molar-refractivity contribution is 7.46. The van der Waals surface area contributed by atoms with Gasteiger partial charge in [-0.15, -0.1) is 0 Å². The molecule has 0 saturated carbocycles. The minimum atomic E-state index is -5.10. The largest absolute Gasteiger partial charge is 0.479 e. The van der Waals surface area contributed by atoms with Crippen LogP contribution >= 0.6 is 7.82 Å². The molecule has 0 radical (unpaired) electrons. The number of ether oxygens (including phenoxy) is 7. The second-order valence-electron chi connectivity index (χ2n) is 18.8. The molecule has 3 rings (SSSR count). The number of ketones is 1. The third kappa shape index (κ3) is 28.5. The fraction of sp³-hybridized carbons (Fsp3) is 0.566. The minimum Gasteiger partial charge on any atom is -0.479 e. The number of aliphatic hydroxyl groups excluding tert-OH is 4. The molecule has 2 aliphatic heterocycles. The zero-order chi connectivity index (χ0) is 60.0. The molecule has 1 aromatic carbocycles. The number of carboxylic acid groups (broad SMARTS) is 1. The summed E-state index contributed by atoms with van der Waals surface area (Å²) in [6.45, 7) is 4.07. The third-order valence-electron chi connectivity index (χ3n) is 11.8. The molecule has 0 bridgehead atoms. The number of hydrogen-bond acceptors (Lipinski definition) is 21. The van der Waals surface area contributed by atoms with Gasteiger partial charge >= 0.3 is 25.7 Å². The van der Waals surface area contributed by atoms with Crippen molar-refractivity contribution in [2.24, 2.45) is 0 Å². The molecular weight excluding hydrogens is 1090 g/mol. The van der Waals surface area contributed by atoms with Crippen LogP contribution in [-0.2, 0) is 77.7 Å². The lowest BCUT2D eigenvalue weighted by molar-refractivity contribution is -0.271. The van der Waals surface area contributed by atoms with Gasteiger partial charge in [-0.25, -0.2) is 14.2 Å². The maximum atomic E-state index is 13.1. The Labute approximate surface area is 468 Å². The van der Waals surface area contributed by atoms with Crippen LogP contribution in [0.5, 0.6) is 5.75 Å². The van der Waals surface area contributed by atoms with Crippen molar-refractivity contribution >= 4 is 54.9 Å². The Hall–Kier alpha value is -6.04. The number of aliphatic hydroxyl groups is 5. The van der Waals surface area contributed by atoms with Crippen LogP contribution in [0.25, 0.3) is 0 Å². The predicted molar refractivity (Wildman–Crippen MR) is 284 cm³/mol. The molecular formula is C53H76N3O24P. The van der Waals surface area contributed by atoms with Crippen LogP contribution in [0, 0.1) is 0 Å². The summed E-state index contributed by atoms with van der Waals surface area (Å²) in [5.74, 6) is -4.21. The number of cyclic esters (lactones) is 1.